The second-order valence-corrected chi connectivity index (χ2v) is 5.64. The van der Waals surface area contributed by atoms with E-state index < -0.39 is 5.41 Å². The predicted molar refractivity (Wildman–Crippen MR) is 78.1 cm³/mol. The van der Waals surface area contributed by atoms with Gasteiger partial charge in [0.05, 0.1) is 23.4 Å². The molecule has 1 aliphatic heterocycles. The van der Waals surface area contributed by atoms with E-state index in [9.17, 15) is 20.6 Å². The molecule has 0 aromatic heterocycles. The molecule has 6 heteroatoms. The van der Waals surface area contributed by atoms with Crippen LogP contribution in [0.25, 0.3) is 0 Å². The Bertz CT molecular complexity index is 684. The highest BCUT2D eigenvalue weighted by Gasteiger charge is 2.53. The Labute approximate surface area is 129 Å². The van der Waals surface area contributed by atoms with E-state index in [0.717, 1.165) is 5.57 Å². The summed E-state index contributed by atoms with van der Waals surface area (Å²) in [6.07, 6.45) is 2.39. The summed E-state index contributed by atoms with van der Waals surface area (Å²) in [5.74, 6) is -0.623. The van der Waals surface area contributed by atoms with E-state index in [1.807, 2.05) is 31.2 Å². The van der Waals surface area contributed by atoms with Gasteiger partial charge in [-0.1, -0.05) is 13.0 Å². The Morgan fingerprint density at radius 2 is 2.09 bits per heavy atom. The van der Waals surface area contributed by atoms with Crippen molar-refractivity contribution in [2.24, 2.45) is 23.0 Å². The molecule has 2 aliphatic rings. The number of fused-ring (bicyclic) bond motifs is 1. The molecule has 0 bridgehead atoms. The lowest BCUT2D eigenvalue weighted by molar-refractivity contribution is -0.129. The number of nitriles is 3. The number of carbonyl (C=O) groups is 1. The van der Waals surface area contributed by atoms with Crippen molar-refractivity contribution in [3.8, 4) is 18.2 Å². The van der Waals surface area contributed by atoms with Crippen molar-refractivity contribution in [1.29, 1.82) is 15.8 Å². The number of allylic oxidation sites excluding steroid dienone is 2. The molecule has 2 atom stereocenters. The second kappa shape index (κ2) is 5.54. The van der Waals surface area contributed by atoms with Gasteiger partial charge in [-0.2, -0.15) is 15.8 Å². The summed E-state index contributed by atoms with van der Waals surface area (Å²) in [5.41, 5.74) is 5.57. The van der Waals surface area contributed by atoms with Gasteiger partial charge in [-0.25, -0.2) is 0 Å². The third-order valence-corrected chi connectivity index (χ3v) is 4.72. The van der Waals surface area contributed by atoms with Gasteiger partial charge in [-0.3, -0.25) is 4.79 Å². The van der Waals surface area contributed by atoms with Gasteiger partial charge in [0.1, 0.15) is 6.07 Å². The first-order chi connectivity index (χ1) is 10.5. The number of nitrogens with two attached hydrogens (primary N) is 1. The molecule has 0 spiro atoms. The molecule has 0 fully saturated rings. The van der Waals surface area contributed by atoms with Crippen LogP contribution in [0.4, 0.5) is 0 Å². The third kappa shape index (κ3) is 1.95. The van der Waals surface area contributed by atoms with E-state index in [1.165, 1.54) is 6.92 Å². The summed E-state index contributed by atoms with van der Waals surface area (Å²) < 4.78 is 0. The molecule has 0 saturated heterocycles. The number of hydrogen-bond donors (Lipinski definition) is 1. The minimum Gasteiger partial charge on any atom is -0.399 e. The van der Waals surface area contributed by atoms with Crippen molar-refractivity contribution < 1.29 is 4.79 Å². The van der Waals surface area contributed by atoms with Crippen molar-refractivity contribution in [3.05, 3.63) is 22.9 Å². The highest BCUT2D eigenvalue weighted by atomic mass is 16.2. The van der Waals surface area contributed by atoms with Crippen molar-refractivity contribution in [2.45, 2.75) is 20.3 Å². The van der Waals surface area contributed by atoms with Crippen LogP contribution in [-0.4, -0.2) is 23.9 Å². The van der Waals surface area contributed by atoms with E-state index >= 15 is 0 Å². The summed E-state index contributed by atoms with van der Waals surface area (Å²) in [7, 11) is 0. The Morgan fingerprint density at radius 1 is 1.45 bits per heavy atom. The van der Waals surface area contributed by atoms with Crippen molar-refractivity contribution >= 4 is 5.91 Å². The SMILES string of the molecule is CC[C@@H]1[C@H]2CN(C(C)=O)CC=C2C(C#N)=C(N)C1(C#N)C#N. The fraction of sp³-hybridized carbons (Fsp3) is 0.500. The number of rotatable bonds is 1. The van der Waals surface area contributed by atoms with Crippen LogP contribution >= 0.6 is 0 Å². The monoisotopic (exact) mass is 295 g/mol. The zero-order valence-corrected chi connectivity index (χ0v) is 12.6. The third-order valence-electron chi connectivity index (χ3n) is 4.72. The minimum atomic E-state index is -1.51. The van der Waals surface area contributed by atoms with Crippen LogP contribution in [0.5, 0.6) is 0 Å². The number of carbonyl (C=O) groups excluding carboxylic acids is 1. The average molecular weight is 295 g/mol. The molecular formula is C16H17N5O. The maximum absolute atomic E-state index is 11.6. The first-order valence-electron chi connectivity index (χ1n) is 7.15. The minimum absolute atomic E-state index is 0.0469. The topological polar surface area (TPSA) is 118 Å². The van der Waals surface area contributed by atoms with E-state index in [2.05, 4.69) is 0 Å². The molecule has 0 aromatic carbocycles. The second-order valence-electron chi connectivity index (χ2n) is 5.64. The molecular weight excluding hydrogens is 278 g/mol. The van der Waals surface area contributed by atoms with Crippen molar-refractivity contribution in [1.82, 2.24) is 4.90 Å². The molecule has 0 unspecified atom stereocenters. The molecule has 1 heterocycles. The maximum Gasteiger partial charge on any atom is 0.219 e. The quantitative estimate of drug-likeness (QED) is 0.779. The molecule has 112 valence electrons. The Morgan fingerprint density at radius 3 is 2.55 bits per heavy atom. The molecule has 22 heavy (non-hydrogen) atoms. The summed E-state index contributed by atoms with van der Waals surface area (Å²) >= 11 is 0. The molecule has 0 radical (unpaired) electrons. The van der Waals surface area contributed by atoms with Crippen LogP contribution in [-0.2, 0) is 4.79 Å². The lowest BCUT2D eigenvalue weighted by Crippen LogP contribution is -2.49. The van der Waals surface area contributed by atoms with E-state index in [1.54, 1.807) is 4.90 Å². The van der Waals surface area contributed by atoms with Gasteiger partial charge >= 0.3 is 0 Å². The standard InChI is InChI=1S/C16H17N5O/c1-3-14-13-7-21(10(2)22)5-4-11(13)12(6-17)15(20)16(14,8-18)9-19/h4,13-14H,3,5,7,20H2,1-2H3/t13-,14+/m0/s1. The van der Waals surface area contributed by atoms with Gasteiger partial charge in [0.2, 0.25) is 5.91 Å². The lowest BCUT2D eigenvalue weighted by Gasteiger charge is -2.45. The Hall–Kier alpha value is -2.78. The molecule has 0 aromatic rings. The smallest absolute Gasteiger partial charge is 0.219 e. The number of amides is 1. The fourth-order valence-corrected chi connectivity index (χ4v) is 3.54. The first-order valence-corrected chi connectivity index (χ1v) is 7.15. The number of hydrogen-bond acceptors (Lipinski definition) is 5. The Kier molecular flexibility index (Phi) is 3.93. The van der Waals surface area contributed by atoms with Gasteiger partial charge in [0.15, 0.2) is 5.41 Å². The molecule has 0 saturated carbocycles. The summed E-state index contributed by atoms with van der Waals surface area (Å²) in [4.78, 5) is 13.3. The molecule has 2 rings (SSSR count). The summed E-state index contributed by atoms with van der Waals surface area (Å²) in [6, 6.07) is 6.11. The van der Waals surface area contributed by atoms with E-state index in [4.69, 9.17) is 5.73 Å². The highest BCUT2D eigenvalue weighted by Crippen LogP contribution is 2.50. The average Bonchev–Trinajstić information content (AvgIpc) is 2.53. The van der Waals surface area contributed by atoms with Crippen LogP contribution < -0.4 is 5.73 Å². The summed E-state index contributed by atoms with van der Waals surface area (Å²) in [5, 5.41) is 28.6. The van der Waals surface area contributed by atoms with Gasteiger partial charge < -0.3 is 10.6 Å². The zero-order chi connectivity index (χ0) is 16.5. The Balaban J connectivity index is 2.69. The van der Waals surface area contributed by atoms with Crippen LogP contribution in [0.1, 0.15) is 20.3 Å². The van der Waals surface area contributed by atoms with Crippen molar-refractivity contribution in [2.75, 3.05) is 13.1 Å². The molecule has 2 N–H and O–H groups in total. The van der Waals surface area contributed by atoms with Crippen LogP contribution in [0, 0.1) is 51.2 Å². The van der Waals surface area contributed by atoms with Gasteiger partial charge in [-0.15, -0.1) is 0 Å². The van der Waals surface area contributed by atoms with Gasteiger partial charge in [-0.05, 0) is 12.0 Å². The van der Waals surface area contributed by atoms with Crippen LogP contribution in [0.15, 0.2) is 22.9 Å². The number of nitrogens with zero attached hydrogens (tertiary/aromatic N) is 4. The van der Waals surface area contributed by atoms with E-state index in [-0.39, 0.29) is 29.0 Å². The van der Waals surface area contributed by atoms with Crippen LogP contribution in [0.3, 0.4) is 0 Å². The molecule has 1 amide bonds. The van der Waals surface area contributed by atoms with Gasteiger partial charge in [0, 0.05) is 31.8 Å². The lowest BCUT2D eigenvalue weighted by atomic mass is 9.59. The van der Waals surface area contributed by atoms with Crippen molar-refractivity contribution in [3.63, 3.8) is 0 Å². The zero-order valence-electron chi connectivity index (χ0n) is 12.6. The molecule has 6 nitrogen and oxygen atoms in total. The summed E-state index contributed by atoms with van der Waals surface area (Å²) in [6.45, 7) is 4.20. The van der Waals surface area contributed by atoms with Crippen LogP contribution in [0.2, 0.25) is 0 Å². The van der Waals surface area contributed by atoms with E-state index in [0.29, 0.717) is 19.5 Å². The fourth-order valence-electron chi connectivity index (χ4n) is 3.54. The first kappa shape index (κ1) is 15.6. The van der Waals surface area contributed by atoms with Gasteiger partial charge in [0.25, 0.3) is 0 Å². The normalized spacial score (nSPS) is 26.1. The predicted octanol–water partition coefficient (Wildman–Crippen LogP) is 1.20. The molecule has 1 aliphatic carbocycles. The highest BCUT2D eigenvalue weighted by molar-refractivity contribution is 5.74. The largest absolute Gasteiger partial charge is 0.399 e. The maximum atomic E-state index is 11.6.